The Morgan fingerprint density at radius 2 is 1.67 bits per heavy atom. The highest BCUT2D eigenvalue weighted by atomic mass is 79.9. The number of rotatable bonds is 4. The zero-order chi connectivity index (χ0) is 15.6. The molecule has 0 saturated carbocycles. The van der Waals surface area contributed by atoms with Gasteiger partial charge in [-0.3, -0.25) is 0 Å². The second kappa shape index (κ2) is 7.31. The van der Waals surface area contributed by atoms with Crippen molar-refractivity contribution < 1.29 is 8.78 Å². The molecule has 1 N–H and O–H groups in total. The molecule has 0 heterocycles. The average Bonchev–Trinajstić information content (AvgIpc) is 2.41. The first kappa shape index (κ1) is 17.1. The van der Waals surface area contributed by atoms with E-state index in [4.69, 9.17) is 0 Å². The van der Waals surface area contributed by atoms with Gasteiger partial charge in [0.15, 0.2) is 0 Å². The number of hydrogen-bond donors (Lipinski definition) is 1. The Morgan fingerprint density at radius 3 is 2.29 bits per heavy atom. The fourth-order valence-corrected chi connectivity index (χ4v) is 3.68. The van der Waals surface area contributed by atoms with Crippen LogP contribution < -0.4 is 5.32 Å². The van der Waals surface area contributed by atoms with Crippen molar-refractivity contribution in [2.75, 3.05) is 6.54 Å². The summed E-state index contributed by atoms with van der Waals surface area (Å²) in [6, 6.07) is 7.58. The summed E-state index contributed by atoms with van der Waals surface area (Å²) in [5.41, 5.74) is 1.13. The van der Waals surface area contributed by atoms with Gasteiger partial charge in [-0.15, -0.1) is 0 Å². The zero-order valence-electron chi connectivity index (χ0n) is 11.1. The van der Waals surface area contributed by atoms with Crippen molar-refractivity contribution in [1.29, 1.82) is 0 Å². The van der Waals surface area contributed by atoms with E-state index in [1.165, 1.54) is 6.07 Å². The molecule has 1 nitrogen and oxygen atoms in total. The van der Waals surface area contributed by atoms with E-state index in [1.807, 2.05) is 25.1 Å². The topological polar surface area (TPSA) is 12.0 Å². The van der Waals surface area contributed by atoms with Gasteiger partial charge in [-0.1, -0.05) is 44.8 Å². The Balaban J connectivity index is 2.55. The van der Waals surface area contributed by atoms with Gasteiger partial charge in [0.05, 0.1) is 10.5 Å². The predicted octanol–water partition coefficient (Wildman–Crippen LogP) is 5.95. The van der Waals surface area contributed by atoms with Crippen molar-refractivity contribution in [3.05, 3.63) is 66.5 Å². The summed E-state index contributed by atoms with van der Waals surface area (Å²) in [6.07, 6.45) is 0. The third-order valence-corrected chi connectivity index (χ3v) is 4.82. The minimum atomic E-state index is -0.484. The molecule has 2 aromatic carbocycles. The van der Waals surface area contributed by atoms with Crippen LogP contribution in [0.5, 0.6) is 0 Å². The van der Waals surface area contributed by atoms with Gasteiger partial charge in [0, 0.05) is 14.5 Å². The van der Waals surface area contributed by atoms with Crippen LogP contribution in [0.4, 0.5) is 8.78 Å². The zero-order valence-corrected chi connectivity index (χ0v) is 15.8. The molecule has 112 valence electrons. The molecule has 0 bridgehead atoms. The van der Waals surface area contributed by atoms with Gasteiger partial charge in [0.25, 0.3) is 0 Å². The molecule has 2 aromatic rings. The summed E-state index contributed by atoms with van der Waals surface area (Å²) in [5, 5.41) is 3.20. The fourth-order valence-electron chi connectivity index (χ4n) is 2.09. The minimum Gasteiger partial charge on any atom is -0.306 e. The van der Waals surface area contributed by atoms with Crippen molar-refractivity contribution in [3.63, 3.8) is 0 Å². The molecule has 0 saturated heterocycles. The average molecular weight is 484 g/mol. The molecule has 1 unspecified atom stereocenters. The largest absolute Gasteiger partial charge is 0.306 e. The van der Waals surface area contributed by atoms with Crippen LogP contribution in [-0.4, -0.2) is 6.54 Å². The van der Waals surface area contributed by atoms with Gasteiger partial charge in [0.1, 0.15) is 11.6 Å². The molecule has 2 rings (SSSR count). The Hall–Kier alpha value is -0.300. The molecule has 0 spiro atoms. The molecule has 0 aliphatic carbocycles. The molecular formula is C15H12Br3F2N. The maximum atomic E-state index is 14.2. The number of nitrogens with one attached hydrogen (secondary N) is 1. The van der Waals surface area contributed by atoms with Gasteiger partial charge in [0.2, 0.25) is 0 Å². The lowest BCUT2D eigenvalue weighted by Gasteiger charge is -2.21. The summed E-state index contributed by atoms with van der Waals surface area (Å²) in [5.74, 6) is -0.938. The highest BCUT2D eigenvalue weighted by Gasteiger charge is 2.21. The SMILES string of the molecule is CCNC(c1cc(F)c(Br)cc1F)c1ccc(Br)cc1Br. The van der Waals surface area contributed by atoms with Crippen LogP contribution in [0.2, 0.25) is 0 Å². The molecule has 0 aliphatic rings. The lowest BCUT2D eigenvalue weighted by molar-refractivity contribution is 0.541. The van der Waals surface area contributed by atoms with E-state index >= 15 is 0 Å². The normalized spacial score (nSPS) is 12.5. The third-order valence-electron chi connectivity index (χ3n) is 3.03. The van der Waals surface area contributed by atoms with E-state index in [0.29, 0.717) is 6.54 Å². The molecule has 21 heavy (non-hydrogen) atoms. The summed E-state index contributed by atoms with van der Waals surface area (Å²) in [7, 11) is 0. The summed E-state index contributed by atoms with van der Waals surface area (Å²) >= 11 is 9.86. The Morgan fingerprint density at radius 1 is 0.952 bits per heavy atom. The summed E-state index contributed by atoms with van der Waals surface area (Å²) in [4.78, 5) is 0. The van der Waals surface area contributed by atoms with Gasteiger partial charge in [-0.05, 0) is 52.3 Å². The number of hydrogen-bond acceptors (Lipinski definition) is 1. The molecular weight excluding hydrogens is 472 g/mol. The molecule has 1 atom stereocenters. The van der Waals surface area contributed by atoms with E-state index in [2.05, 4.69) is 53.1 Å². The maximum absolute atomic E-state index is 14.2. The minimum absolute atomic E-state index is 0.119. The monoisotopic (exact) mass is 481 g/mol. The molecule has 6 heteroatoms. The van der Waals surface area contributed by atoms with E-state index in [-0.39, 0.29) is 10.0 Å². The van der Waals surface area contributed by atoms with E-state index in [0.717, 1.165) is 20.6 Å². The third kappa shape index (κ3) is 3.92. The van der Waals surface area contributed by atoms with Gasteiger partial charge in [-0.25, -0.2) is 8.78 Å². The smallest absolute Gasteiger partial charge is 0.137 e. The second-order valence-corrected chi connectivity index (χ2v) is 7.07. The molecule has 0 amide bonds. The van der Waals surface area contributed by atoms with Crippen molar-refractivity contribution in [3.8, 4) is 0 Å². The second-order valence-electron chi connectivity index (χ2n) is 4.44. The highest BCUT2D eigenvalue weighted by Crippen LogP contribution is 2.33. The van der Waals surface area contributed by atoms with Crippen LogP contribution >= 0.6 is 47.8 Å². The van der Waals surface area contributed by atoms with E-state index < -0.39 is 17.7 Å². The number of halogens is 5. The van der Waals surface area contributed by atoms with Gasteiger partial charge >= 0.3 is 0 Å². The van der Waals surface area contributed by atoms with Gasteiger partial charge in [-0.2, -0.15) is 0 Å². The van der Waals surface area contributed by atoms with Crippen LogP contribution in [0, 0.1) is 11.6 Å². The molecule has 0 aliphatic heterocycles. The summed E-state index contributed by atoms with van der Waals surface area (Å²) in [6.45, 7) is 2.55. The van der Waals surface area contributed by atoms with Crippen molar-refractivity contribution in [1.82, 2.24) is 5.32 Å². The Labute approximate surface area is 147 Å². The lowest BCUT2D eigenvalue weighted by atomic mass is 9.98. The fraction of sp³-hybridized carbons (Fsp3) is 0.200. The number of benzene rings is 2. The maximum Gasteiger partial charge on any atom is 0.137 e. The van der Waals surface area contributed by atoms with Crippen molar-refractivity contribution in [2.24, 2.45) is 0 Å². The Bertz CT molecular complexity index is 662. The van der Waals surface area contributed by atoms with Crippen LogP contribution in [-0.2, 0) is 0 Å². The standard InChI is InChI=1S/C15H12Br3F2N/c1-2-21-15(9-4-3-8(16)5-11(9)17)10-6-14(20)12(18)7-13(10)19/h3-7,15,21H,2H2,1H3. The lowest BCUT2D eigenvalue weighted by Crippen LogP contribution is -2.23. The first-order valence-corrected chi connectivity index (χ1v) is 8.64. The van der Waals surface area contributed by atoms with Crippen LogP contribution in [0.25, 0.3) is 0 Å². The first-order chi connectivity index (χ1) is 9.93. The summed E-state index contributed by atoms with van der Waals surface area (Å²) < 4.78 is 29.9. The van der Waals surface area contributed by atoms with E-state index in [9.17, 15) is 8.78 Å². The predicted molar refractivity (Wildman–Crippen MR) is 91.4 cm³/mol. The molecule has 0 radical (unpaired) electrons. The first-order valence-electron chi connectivity index (χ1n) is 6.26. The Kier molecular flexibility index (Phi) is 5.94. The van der Waals surface area contributed by atoms with Crippen molar-refractivity contribution >= 4 is 47.8 Å². The molecule has 0 fully saturated rings. The quantitative estimate of drug-likeness (QED) is 0.530. The molecule has 0 aromatic heterocycles. The van der Waals surface area contributed by atoms with Gasteiger partial charge < -0.3 is 5.32 Å². The van der Waals surface area contributed by atoms with Crippen LogP contribution in [0.15, 0.2) is 43.7 Å². The van der Waals surface area contributed by atoms with E-state index in [1.54, 1.807) is 0 Å². The van der Waals surface area contributed by atoms with Crippen molar-refractivity contribution in [2.45, 2.75) is 13.0 Å². The van der Waals surface area contributed by atoms with Crippen LogP contribution in [0.3, 0.4) is 0 Å². The highest BCUT2D eigenvalue weighted by molar-refractivity contribution is 9.11. The van der Waals surface area contributed by atoms with Crippen LogP contribution in [0.1, 0.15) is 24.1 Å².